The van der Waals surface area contributed by atoms with Gasteiger partial charge in [-0.1, -0.05) is 27.7 Å². The van der Waals surface area contributed by atoms with Crippen LogP contribution >= 0.6 is 0 Å². The molecule has 0 N–H and O–H groups in total. The van der Waals surface area contributed by atoms with Gasteiger partial charge in [0, 0.05) is 48.7 Å². The predicted molar refractivity (Wildman–Crippen MR) is 120 cm³/mol. The fourth-order valence-corrected chi connectivity index (χ4v) is 7.52. The van der Waals surface area contributed by atoms with Gasteiger partial charge in [-0.2, -0.15) is 0 Å². The van der Waals surface area contributed by atoms with Crippen molar-refractivity contribution in [2.45, 2.75) is 110 Å². The van der Waals surface area contributed by atoms with Crippen LogP contribution in [-0.4, -0.2) is 45.0 Å². The number of ketones is 1. The van der Waals surface area contributed by atoms with Crippen molar-refractivity contribution in [2.75, 3.05) is 6.61 Å². The molecule has 0 aromatic carbocycles. The Morgan fingerprint density at radius 2 is 1.97 bits per heavy atom. The van der Waals surface area contributed by atoms with Crippen LogP contribution in [0.5, 0.6) is 0 Å². The maximum Gasteiger partial charge on any atom is 0.192 e. The van der Waals surface area contributed by atoms with Gasteiger partial charge in [-0.15, -0.1) is 0 Å². The molecule has 30 heavy (non-hydrogen) atoms. The zero-order valence-corrected chi connectivity index (χ0v) is 21.2. The molecule has 2 aliphatic heterocycles. The number of hydrogen-bond donors (Lipinski definition) is 0. The zero-order valence-electron chi connectivity index (χ0n) is 20.2. The summed E-state index contributed by atoms with van der Waals surface area (Å²) in [7, 11) is -2.10. The maximum atomic E-state index is 13.2. The van der Waals surface area contributed by atoms with Crippen LogP contribution in [0.25, 0.3) is 0 Å². The van der Waals surface area contributed by atoms with E-state index in [1.165, 1.54) is 0 Å². The van der Waals surface area contributed by atoms with Gasteiger partial charge in [0.05, 0.1) is 5.60 Å². The molecule has 172 valence electrons. The summed E-state index contributed by atoms with van der Waals surface area (Å²) in [5.41, 5.74) is -0.639. The first-order valence-electron chi connectivity index (χ1n) is 11.7. The molecule has 5 nitrogen and oxygen atoms in total. The monoisotopic (exact) mass is 438 g/mol. The predicted octanol–water partition coefficient (Wildman–Crippen LogP) is 5.13. The van der Waals surface area contributed by atoms with Crippen molar-refractivity contribution >= 4 is 20.4 Å². The van der Waals surface area contributed by atoms with Crippen LogP contribution in [0.3, 0.4) is 0 Å². The summed E-state index contributed by atoms with van der Waals surface area (Å²) in [4.78, 5) is 24.6. The van der Waals surface area contributed by atoms with E-state index in [4.69, 9.17) is 13.9 Å². The molecule has 1 spiro atoms. The summed E-state index contributed by atoms with van der Waals surface area (Å²) >= 11 is 0. The quantitative estimate of drug-likeness (QED) is 0.425. The van der Waals surface area contributed by atoms with Gasteiger partial charge in [-0.25, -0.2) is 0 Å². The molecule has 0 amide bonds. The standard InChI is InChI=1S/C24H42O5Si/c1-16-17(26)15-19-23(5,6)28-21-24(19,12-10-14-27-21)20(16)18(11-9-13-25)29-30(7,8)22(2,3)4/h13,16,18-21H,9-12,14-15H2,1-8H3/t16-,18-,19+,20-,21+,24-/m1/s1. The van der Waals surface area contributed by atoms with E-state index in [1.54, 1.807) is 0 Å². The number of ether oxygens (including phenoxy) is 2. The maximum absolute atomic E-state index is 13.2. The summed E-state index contributed by atoms with van der Waals surface area (Å²) in [6.07, 6.45) is 4.17. The first-order valence-corrected chi connectivity index (χ1v) is 14.6. The van der Waals surface area contributed by atoms with Crippen molar-refractivity contribution in [2.24, 2.45) is 23.2 Å². The Bertz CT molecular complexity index is 667. The van der Waals surface area contributed by atoms with Gasteiger partial charge < -0.3 is 18.7 Å². The molecule has 6 heteroatoms. The van der Waals surface area contributed by atoms with E-state index >= 15 is 0 Å². The topological polar surface area (TPSA) is 61.8 Å². The lowest BCUT2D eigenvalue weighted by molar-refractivity contribution is -0.236. The van der Waals surface area contributed by atoms with Crippen molar-refractivity contribution in [1.82, 2.24) is 0 Å². The number of Topliss-reactive ketones (excluding diaryl/α,β-unsaturated/α-hetero) is 1. The average Bonchev–Trinajstić information content (AvgIpc) is 2.86. The van der Waals surface area contributed by atoms with Gasteiger partial charge >= 0.3 is 0 Å². The molecule has 3 rings (SSSR count). The second-order valence-electron chi connectivity index (χ2n) is 11.8. The SMILES string of the molecule is C[C@@H]1C(=O)C[C@H]2C(C)(C)O[C@@H]3OCCC[C@@]32[C@H]1[C@@H](CCC=O)O[Si](C)(C)C(C)(C)C. The van der Waals surface area contributed by atoms with Gasteiger partial charge in [0.25, 0.3) is 0 Å². The highest BCUT2D eigenvalue weighted by atomic mass is 28.4. The molecule has 3 aliphatic rings. The molecule has 2 saturated heterocycles. The van der Waals surface area contributed by atoms with E-state index in [-0.39, 0.29) is 40.6 Å². The van der Waals surface area contributed by atoms with Crippen molar-refractivity contribution in [1.29, 1.82) is 0 Å². The number of rotatable bonds is 6. The molecule has 1 aliphatic carbocycles. The first kappa shape index (κ1) is 24.1. The van der Waals surface area contributed by atoms with E-state index in [0.717, 1.165) is 19.1 Å². The molecule has 0 aromatic rings. The van der Waals surface area contributed by atoms with Gasteiger partial charge in [0.15, 0.2) is 14.6 Å². The van der Waals surface area contributed by atoms with Crippen LogP contribution in [0, 0.1) is 23.2 Å². The molecule has 2 heterocycles. The molecule has 0 unspecified atom stereocenters. The van der Waals surface area contributed by atoms with Crippen LogP contribution < -0.4 is 0 Å². The fraction of sp³-hybridized carbons (Fsp3) is 0.917. The molecule has 1 saturated carbocycles. The summed E-state index contributed by atoms with van der Waals surface area (Å²) in [6, 6.07) is 0. The molecular formula is C24H42O5Si. The van der Waals surface area contributed by atoms with Crippen LogP contribution in [0.15, 0.2) is 0 Å². The minimum Gasteiger partial charge on any atom is -0.414 e. The van der Waals surface area contributed by atoms with E-state index in [9.17, 15) is 9.59 Å². The summed E-state index contributed by atoms with van der Waals surface area (Å²) in [5.74, 6) is 0.300. The molecular weight excluding hydrogens is 396 g/mol. The summed E-state index contributed by atoms with van der Waals surface area (Å²) in [6.45, 7) is 18.2. The van der Waals surface area contributed by atoms with E-state index < -0.39 is 13.9 Å². The van der Waals surface area contributed by atoms with Crippen molar-refractivity contribution < 1.29 is 23.5 Å². The normalized spacial score (nSPS) is 37.4. The lowest BCUT2D eigenvalue weighted by Gasteiger charge is -2.56. The van der Waals surface area contributed by atoms with E-state index in [1.807, 2.05) is 0 Å². The van der Waals surface area contributed by atoms with Gasteiger partial charge in [-0.3, -0.25) is 4.79 Å². The van der Waals surface area contributed by atoms with Crippen LogP contribution in [0.1, 0.15) is 73.6 Å². The lowest BCUT2D eigenvalue weighted by atomic mass is 9.50. The first-order chi connectivity index (χ1) is 13.8. The highest BCUT2D eigenvalue weighted by molar-refractivity contribution is 6.74. The minimum atomic E-state index is -2.10. The number of hydrogen-bond acceptors (Lipinski definition) is 5. The number of carbonyl (C=O) groups excluding carboxylic acids is 2. The Hall–Kier alpha value is -0.563. The average molecular weight is 439 g/mol. The van der Waals surface area contributed by atoms with Crippen LogP contribution in [-0.2, 0) is 23.5 Å². The Morgan fingerprint density at radius 3 is 2.57 bits per heavy atom. The smallest absolute Gasteiger partial charge is 0.192 e. The van der Waals surface area contributed by atoms with Crippen molar-refractivity contribution in [3.63, 3.8) is 0 Å². The molecule has 3 fully saturated rings. The Kier molecular flexibility index (Phi) is 6.50. The molecule has 0 radical (unpaired) electrons. The minimum absolute atomic E-state index is 0.00454. The van der Waals surface area contributed by atoms with Crippen molar-refractivity contribution in [3.8, 4) is 0 Å². The van der Waals surface area contributed by atoms with Crippen molar-refractivity contribution in [3.05, 3.63) is 0 Å². The van der Waals surface area contributed by atoms with Gasteiger partial charge in [-0.05, 0) is 51.2 Å². The summed E-state index contributed by atoms with van der Waals surface area (Å²) in [5, 5.41) is 0.0549. The molecule has 6 atom stereocenters. The highest BCUT2D eigenvalue weighted by Gasteiger charge is 2.69. The summed E-state index contributed by atoms with van der Waals surface area (Å²) < 4.78 is 19.7. The third kappa shape index (κ3) is 3.87. The second kappa shape index (κ2) is 8.09. The molecule has 0 bridgehead atoms. The Balaban J connectivity index is 2.09. The highest BCUT2D eigenvalue weighted by Crippen LogP contribution is 2.65. The largest absolute Gasteiger partial charge is 0.414 e. The van der Waals surface area contributed by atoms with Gasteiger partial charge in [0.2, 0.25) is 0 Å². The Labute approximate surface area is 183 Å². The van der Waals surface area contributed by atoms with E-state index in [0.29, 0.717) is 31.7 Å². The lowest BCUT2D eigenvalue weighted by Crippen LogP contribution is -2.61. The molecule has 0 aromatic heterocycles. The van der Waals surface area contributed by atoms with Crippen LogP contribution in [0.2, 0.25) is 18.1 Å². The zero-order chi connectivity index (χ0) is 22.5. The third-order valence-electron chi connectivity index (χ3n) is 8.66. The van der Waals surface area contributed by atoms with E-state index in [2.05, 4.69) is 54.6 Å². The Morgan fingerprint density at radius 1 is 1.30 bits per heavy atom. The second-order valence-corrected chi connectivity index (χ2v) is 16.6. The number of aldehydes is 1. The fourth-order valence-electron chi connectivity index (χ4n) is 6.14. The third-order valence-corrected chi connectivity index (χ3v) is 13.2. The van der Waals surface area contributed by atoms with Gasteiger partial charge in [0.1, 0.15) is 12.1 Å². The number of carbonyl (C=O) groups is 2. The van der Waals surface area contributed by atoms with Crippen LogP contribution in [0.4, 0.5) is 0 Å².